The molecule has 1 aromatic carbocycles. The highest BCUT2D eigenvalue weighted by Gasteiger charge is 2.48. The molecular weight excluding hydrogens is 621 g/mol. The van der Waals surface area contributed by atoms with Crippen molar-refractivity contribution in [3.63, 3.8) is 0 Å². The molecule has 1 aromatic heterocycles. The topological polar surface area (TPSA) is 111 Å². The molecule has 1 N–H and O–H groups in total. The fourth-order valence-corrected chi connectivity index (χ4v) is 7.83. The highest BCUT2D eigenvalue weighted by molar-refractivity contribution is 7.11. The van der Waals surface area contributed by atoms with E-state index in [9.17, 15) is 18.8 Å². The van der Waals surface area contributed by atoms with E-state index in [1.54, 1.807) is 13.1 Å². The summed E-state index contributed by atoms with van der Waals surface area (Å²) in [6.07, 6.45) is 2.32. The van der Waals surface area contributed by atoms with E-state index in [1.807, 2.05) is 15.2 Å². The summed E-state index contributed by atoms with van der Waals surface area (Å²) >= 11 is 7.89. The maximum Gasteiger partial charge on any atom is 0.338 e. The van der Waals surface area contributed by atoms with Crippen LogP contribution in [0, 0.1) is 5.82 Å². The number of ketones is 1. The number of nitrogens with zero attached hydrogens (tertiary/aromatic N) is 6. The molecule has 11 nitrogen and oxygen atoms in total. The molecular formula is C31H37ClFN7O4S. The summed E-state index contributed by atoms with van der Waals surface area (Å²) < 4.78 is 19.2. The highest BCUT2D eigenvalue weighted by atomic mass is 35.5. The molecule has 0 spiro atoms. The van der Waals surface area contributed by atoms with Gasteiger partial charge in [0.05, 0.1) is 24.8 Å². The summed E-state index contributed by atoms with van der Waals surface area (Å²) in [6.45, 7) is 9.16. The lowest BCUT2D eigenvalue weighted by atomic mass is 9.95. The molecule has 0 radical (unpaired) electrons. The minimum Gasteiger partial charge on any atom is -0.466 e. The zero-order valence-electron chi connectivity index (χ0n) is 25.7. The number of urea groups is 1. The van der Waals surface area contributed by atoms with Gasteiger partial charge in [-0.2, -0.15) is 0 Å². The van der Waals surface area contributed by atoms with Crippen molar-refractivity contribution in [1.82, 2.24) is 29.9 Å². The number of amidine groups is 1. The van der Waals surface area contributed by atoms with E-state index in [0.29, 0.717) is 67.8 Å². The first kappa shape index (κ1) is 31.6. The molecule has 14 heteroatoms. The predicted octanol–water partition coefficient (Wildman–Crippen LogP) is 3.32. The summed E-state index contributed by atoms with van der Waals surface area (Å²) in [4.78, 5) is 56.8. The van der Waals surface area contributed by atoms with Crippen molar-refractivity contribution in [1.29, 1.82) is 0 Å². The van der Waals surface area contributed by atoms with Crippen LogP contribution in [0.3, 0.4) is 0 Å². The molecule has 2 amide bonds. The molecule has 0 unspecified atom stereocenters. The number of fused-ring (bicyclic) bond motifs is 1. The number of carbonyl (C=O) groups is 3. The molecule has 2 aromatic rings. The van der Waals surface area contributed by atoms with Gasteiger partial charge in [-0.05, 0) is 39.3 Å². The molecule has 0 aliphatic carbocycles. The van der Waals surface area contributed by atoms with Gasteiger partial charge in [0, 0.05) is 79.2 Å². The fourth-order valence-electron chi connectivity index (χ4n) is 6.97. The zero-order valence-corrected chi connectivity index (χ0v) is 27.3. The number of hydrogen-bond acceptors (Lipinski definition) is 10. The number of rotatable bonds is 8. The Kier molecular flexibility index (Phi) is 8.97. The monoisotopic (exact) mass is 657 g/mol. The Labute approximate surface area is 270 Å². The molecule has 4 aliphatic heterocycles. The van der Waals surface area contributed by atoms with Crippen molar-refractivity contribution >= 4 is 46.6 Å². The number of likely N-dealkylation sites (tertiary alicyclic amines) is 1. The first-order chi connectivity index (χ1) is 21.5. The van der Waals surface area contributed by atoms with E-state index >= 15 is 0 Å². The van der Waals surface area contributed by atoms with Gasteiger partial charge in [0.15, 0.2) is 10.8 Å². The second-order valence-electron chi connectivity index (χ2n) is 12.2. The molecule has 5 heterocycles. The number of thiazole rings is 1. The van der Waals surface area contributed by atoms with Gasteiger partial charge >= 0.3 is 12.0 Å². The van der Waals surface area contributed by atoms with Gasteiger partial charge in [0.2, 0.25) is 0 Å². The van der Waals surface area contributed by atoms with Crippen molar-refractivity contribution in [2.24, 2.45) is 4.99 Å². The van der Waals surface area contributed by atoms with Crippen LogP contribution in [0.15, 0.2) is 46.0 Å². The number of methoxy groups -OCH3 is 1. The zero-order chi connectivity index (χ0) is 32.0. The molecule has 6 rings (SSSR count). The van der Waals surface area contributed by atoms with Crippen LogP contribution < -0.4 is 5.32 Å². The normalized spacial score (nSPS) is 25.9. The van der Waals surface area contributed by atoms with Gasteiger partial charge in [-0.3, -0.25) is 19.6 Å². The van der Waals surface area contributed by atoms with Crippen LogP contribution in [0.4, 0.5) is 9.18 Å². The smallest absolute Gasteiger partial charge is 0.338 e. The van der Waals surface area contributed by atoms with E-state index < -0.39 is 17.8 Å². The van der Waals surface area contributed by atoms with Gasteiger partial charge < -0.3 is 19.9 Å². The molecule has 4 aliphatic rings. The number of esters is 1. The van der Waals surface area contributed by atoms with E-state index in [-0.39, 0.29) is 46.6 Å². The van der Waals surface area contributed by atoms with Crippen LogP contribution in [0.2, 0.25) is 5.02 Å². The SMILES string of the molecule is COC(=O)C1=C(CN2CCN3C(=O)N([C@@H]4C[C@@H](C(C)=O)N(C(C)C)C4)C[C@@H]3C2)NC(c2nccs2)=N[C@H]1c1ccc(F)cc1Cl. The Hall–Kier alpha value is -3.39. The number of ether oxygens (including phenoxy) is 1. The second kappa shape index (κ2) is 12.8. The third-order valence-corrected chi connectivity index (χ3v) is 10.3. The summed E-state index contributed by atoms with van der Waals surface area (Å²) in [5.41, 5.74) is 1.35. The lowest BCUT2D eigenvalue weighted by Crippen LogP contribution is -2.53. The second-order valence-corrected chi connectivity index (χ2v) is 13.5. The van der Waals surface area contributed by atoms with E-state index in [4.69, 9.17) is 21.3 Å². The maximum atomic E-state index is 14.0. The number of halogens is 2. The Balaban J connectivity index is 1.25. The number of carbonyl (C=O) groups excluding carboxylic acids is 3. The van der Waals surface area contributed by atoms with Crippen LogP contribution in [0.1, 0.15) is 43.8 Å². The van der Waals surface area contributed by atoms with Gasteiger partial charge in [-0.15, -0.1) is 11.3 Å². The number of aromatic nitrogens is 1. The number of aliphatic imine (C=N–C) groups is 1. The van der Waals surface area contributed by atoms with Crippen molar-refractivity contribution in [2.75, 3.05) is 46.4 Å². The first-order valence-electron chi connectivity index (χ1n) is 15.1. The van der Waals surface area contributed by atoms with Gasteiger partial charge in [-0.25, -0.2) is 19.0 Å². The third-order valence-electron chi connectivity index (χ3n) is 9.16. The summed E-state index contributed by atoms with van der Waals surface area (Å²) in [5.74, 6) is -0.441. The fraction of sp³-hybridized carbons (Fsp3) is 0.516. The molecule has 240 valence electrons. The van der Waals surface area contributed by atoms with Crippen molar-refractivity contribution < 1.29 is 23.5 Å². The Bertz CT molecular complexity index is 1550. The standard InChI is InChI=1S/C31H37ClFN7O4S/c1-17(2)39-14-20(12-25(39)18(3)41)40-15-21-13-37(8-9-38(21)31(40)43)16-24-26(30(42)44-4)27(22-6-5-19(33)11-23(22)32)36-28(35-24)29-34-7-10-45-29/h5-7,10-11,17,20-21,25,27H,8-9,12-16H2,1-4H3,(H,35,36)/t20-,21+,25+,27+/m1/s1. The molecule has 45 heavy (non-hydrogen) atoms. The van der Waals surface area contributed by atoms with Gasteiger partial charge in [0.25, 0.3) is 0 Å². The van der Waals surface area contributed by atoms with Gasteiger partial charge in [0.1, 0.15) is 17.6 Å². The van der Waals surface area contributed by atoms with Crippen LogP contribution in [-0.2, 0) is 14.3 Å². The van der Waals surface area contributed by atoms with E-state index in [1.165, 1.54) is 36.6 Å². The molecule has 0 saturated carbocycles. The lowest BCUT2D eigenvalue weighted by Gasteiger charge is -2.38. The highest BCUT2D eigenvalue weighted by Crippen LogP contribution is 2.37. The number of piperazine rings is 1. The Morgan fingerprint density at radius 1 is 1.18 bits per heavy atom. The average molecular weight is 658 g/mol. The van der Waals surface area contributed by atoms with E-state index in [0.717, 1.165) is 0 Å². The quantitative estimate of drug-likeness (QED) is 0.431. The minimum absolute atomic E-state index is 0.0141. The largest absolute Gasteiger partial charge is 0.466 e. The van der Waals surface area contributed by atoms with Gasteiger partial charge in [-0.1, -0.05) is 17.7 Å². The number of benzene rings is 1. The molecule has 4 atom stereocenters. The summed E-state index contributed by atoms with van der Waals surface area (Å²) in [7, 11) is 1.31. The van der Waals surface area contributed by atoms with Crippen molar-refractivity contribution in [2.45, 2.75) is 57.4 Å². The first-order valence-corrected chi connectivity index (χ1v) is 16.4. The molecule has 0 bridgehead atoms. The number of hydrogen-bond donors (Lipinski definition) is 1. The van der Waals surface area contributed by atoms with Crippen LogP contribution >= 0.6 is 22.9 Å². The van der Waals surface area contributed by atoms with Crippen molar-refractivity contribution in [3.8, 4) is 0 Å². The Morgan fingerprint density at radius 2 is 1.98 bits per heavy atom. The third kappa shape index (κ3) is 6.10. The van der Waals surface area contributed by atoms with E-state index in [2.05, 4.69) is 33.9 Å². The number of amides is 2. The maximum absolute atomic E-state index is 14.0. The van der Waals surface area contributed by atoms with Crippen LogP contribution in [0.5, 0.6) is 0 Å². The molecule has 3 saturated heterocycles. The summed E-state index contributed by atoms with van der Waals surface area (Å²) in [6, 6.07) is 3.21. The summed E-state index contributed by atoms with van der Waals surface area (Å²) in [5, 5.41) is 5.97. The predicted molar refractivity (Wildman–Crippen MR) is 169 cm³/mol. The van der Waals surface area contributed by atoms with Crippen molar-refractivity contribution in [3.05, 3.63) is 62.5 Å². The lowest BCUT2D eigenvalue weighted by molar-refractivity contribution is -0.136. The Morgan fingerprint density at radius 3 is 2.62 bits per heavy atom. The van der Waals surface area contributed by atoms with Crippen LogP contribution in [-0.4, -0.2) is 119 Å². The molecule has 3 fully saturated rings. The minimum atomic E-state index is -0.842. The average Bonchev–Trinajstić information content (AvgIpc) is 3.76. The number of Topliss-reactive ketones (excluding diaryl/α,β-unsaturated/α-hetero) is 1. The number of nitrogens with one attached hydrogen (secondary N) is 1. The van der Waals surface area contributed by atoms with Crippen LogP contribution in [0.25, 0.3) is 0 Å².